The first-order chi connectivity index (χ1) is 14.0. The van der Waals surface area contributed by atoms with Gasteiger partial charge in [-0.15, -0.1) is 11.3 Å². The number of carbonyl (C=O) groups is 2. The van der Waals surface area contributed by atoms with Gasteiger partial charge in [-0.2, -0.15) is 0 Å². The van der Waals surface area contributed by atoms with Crippen LogP contribution >= 0.6 is 11.3 Å². The molecule has 1 aromatic heterocycles. The molecule has 2 aromatic rings. The number of amides is 2. The summed E-state index contributed by atoms with van der Waals surface area (Å²) in [5.74, 6) is -0.0316. The van der Waals surface area contributed by atoms with Gasteiger partial charge in [0.25, 0.3) is 5.91 Å². The van der Waals surface area contributed by atoms with Gasteiger partial charge in [-0.25, -0.2) is 4.98 Å². The lowest BCUT2D eigenvalue weighted by Crippen LogP contribution is -2.49. The number of aromatic nitrogens is 1. The summed E-state index contributed by atoms with van der Waals surface area (Å²) in [6.45, 7) is 7.29. The summed E-state index contributed by atoms with van der Waals surface area (Å²) in [5.41, 5.74) is 1.98. The number of unbranched alkanes of at least 4 members (excludes halogenated alkanes) is 1. The molecule has 2 heterocycles. The molecule has 0 saturated carbocycles. The maximum Gasteiger partial charge on any atom is 0.266 e. The Hall–Kier alpha value is -2.21. The van der Waals surface area contributed by atoms with Crippen LogP contribution in [0.3, 0.4) is 0 Å². The number of nitrogens with one attached hydrogen (secondary N) is 1. The molecule has 1 saturated heterocycles. The minimum absolute atomic E-state index is 0.0119. The Balaban J connectivity index is 1.69. The normalized spacial score (nSPS) is 19.2. The topological polar surface area (TPSA) is 62.3 Å². The third kappa shape index (κ3) is 5.44. The highest BCUT2D eigenvalue weighted by molar-refractivity contribution is 7.13. The van der Waals surface area contributed by atoms with Crippen molar-refractivity contribution < 1.29 is 9.59 Å². The summed E-state index contributed by atoms with van der Waals surface area (Å²) in [6, 6.07) is 10.3. The second-order valence-electron chi connectivity index (χ2n) is 7.91. The predicted octanol–water partition coefficient (Wildman–Crippen LogP) is 4.20. The van der Waals surface area contributed by atoms with Crippen LogP contribution in [-0.2, 0) is 11.2 Å². The highest BCUT2D eigenvalue weighted by Crippen LogP contribution is 2.28. The number of nitrogens with zero attached hydrogens (tertiary/aromatic N) is 2. The fraction of sp³-hybridized carbons (Fsp3) is 0.522. The molecule has 5 nitrogen and oxygen atoms in total. The zero-order valence-corrected chi connectivity index (χ0v) is 18.4. The average molecular weight is 414 g/mol. The zero-order chi connectivity index (χ0) is 20.8. The van der Waals surface area contributed by atoms with Gasteiger partial charge in [-0.05, 0) is 38.7 Å². The zero-order valence-electron chi connectivity index (χ0n) is 17.6. The van der Waals surface area contributed by atoms with Crippen LogP contribution in [0.15, 0.2) is 30.3 Å². The fourth-order valence-electron chi connectivity index (χ4n) is 3.76. The number of hydrogen-bond acceptors (Lipinski definition) is 4. The molecule has 1 fully saturated rings. The van der Waals surface area contributed by atoms with E-state index in [1.807, 2.05) is 30.0 Å². The molecule has 2 atom stereocenters. The van der Waals surface area contributed by atoms with Crippen LogP contribution in [0.25, 0.3) is 0 Å². The number of likely N-dealkylation sites (tertiary alicyclic amines) is 1. The fourth-order valence-corrected chi connectivity index (χ4v) is 4.82. The van der Waals surface area contributed by atoms with Gasteiger partial charge in [-0.3, -0.25) is 9.59 Å². The summed E-state index contributed by atoms with van der Waals surface area (Å²) in [4.78, 5) is 33.0. The number of benzene rings is 1. The van der Waals surface area contributed by atoms with E-state index >= 15 is 0 Å². The number of piperidine rings is 1. The molecule has 0 spiro atoms. The first-order valence-electron chi connectivity index (χ1n) is 10.6. The van der Waals surface area contributed by atoms with E-state index in [1.54, 1.807) is 0 Å². The van der Waals surface area contributed by atoms with Crippen LogP contribution in [0.2, 0.25) is 0 Å². The number of thiazole rings is 1. The average Bonchev–Trinajstić information content (AvgIpc) is 3.08. The van der Waals surface area contributed by atoms with Gasteiger partial charge in [0.1, 0.15) is 4.88 Å². The van der Waals surface area contributed by atoms with Crippen molar-refractivity contribution in [1.29, 1.82) is 0 Å². The molecule has 6 heteroatoms. The summed E-state index contributed by atoms with van der Waals surface area (Å²) >= 11 is 1.48. The van der Waals surface area contributed by atoms with Gasteiger partial charge in [0.2, 0.25) is 5.91 Å². The van der Waals surface area contributed by atoms with E-state index in [2.05, 4.69) is 36.3 Å². The van der Waals surface area contributed by atoms with Gasteiger partial charge in [0, 0.05) is 25.6 Å². The van der Waals surface area contributed by atoms with E-state index in [0.717, 1.165) is 42.8 Å². The molecule has 0 aliphatic carbocycles. The van der Waals surface area contributed by atoms with E-state index < -0.39 is 0 Å². The molecule has 2 unspecified atom stereocenters. The first kappa shape index (κ1) is 21.5. The molecule has 0 bridgehead atoms. The van der Waals surface area contributed by atoms with Gasteiger partial charge in [0.05, 0.1) is 16.6 Å². The second kappa shape index (κ2) is 10.0. The SMILES string of the molecule is CCCCNC(=O)C1CCC(C)N(C(=O)c2sc(Cc3ccccc3)nc2C)C1. The van der Waals surface area contributed by atoms with Crippen LogP contribution in [-0.4, -0.2) is 40.8 Å². The Labute approximate surface area is 177 Å². The van der Waals surface area contributed by atoms with E-state index in [0.29, 0.717) is 18.0 Å². The monoisotopic (exact) mass is 413 g/mol. The molecule has 1 aromatic carbocycles. The maximum absolute atomic E-state index is 13.3. The molecule has 3 rings (SSSR count). The van der Waals surface area contributed by atoms with Crippen LogP contribution < -0.4 is 5.32 Å². The van der Waals surface area contributed by atoms with Crippen molar-refractivity contribution in [2.75, 3.05) is 13.1 Å². The van der Waals surface area contributed by atoms with Crippen molar-refractivity contribution in [2.24, 2.45) is 5.92 Å². The van der Waals surface area contributed by atoms with Crippen LogP contribution in [0.5, 0.6) is 0 Å². The standard InChI is InChI=1S/C23H31N3O2S/c1-4-5-13-24-22(27)19-12-11-16(2)26(15-19)23(28)21-17(3)25-20(29-21)14-18-9-7-6-8-10-18/h6-10,16,19H,4-5,11-15H2,1-3H3,(H,24,27). The minimum Gasteiger partial charge on any atom is -0.356 e. The predicted molar refractivity (Wildman–Crippen MR) is 117 cm³/mol. The van der Waals surface area contributed by atoms with Crippen molar-refractivity contribution in [3.05, 3.63) is 51.5 Å². The van der Waals surface area contributed by atoms with Gasteiger partial charge in [0.15, 0.2) is 0 Å². The number of hydrogen-bond donors (Lipinski definition) is 1. The van der Waals surface area contributed by atoms with Crippen molar-refractivity contribution in [3.8, 4) is 0 Å². The molecule has 156 valence electrons. The molecule has 1 N–H and O–H groups in total. The molecule has 1 aliphatic rings. The van der Waals surface area contributed by atoms with E-state index in [9.17, 15) is 9.59 Å². The lowest BCUT2D eigenvalue weighted by Gasteiger charge is -2.37. The van der Waals surface area contributed by atoms with Gasteiger partial charge in [-0.1, -0.05) is 43.7 Å². The third-order valence-electron chi connectivity index (χ3n) is 5.58. The van der Waals surface area contributed by atoms with E-state index in [4.69, 9.17) is 0 Å². The smallest absolute Gasteiger partial charge is 0.266 e. The molecule has 29 heavy (non-hydrogen) atoms. The summed E-state index contributed by atoms with van der Waals surface area (Å²) in [5, 5.41) is 3.98. The van der Waals surface area contributed by atoms with Crippen molar-refractivity contribution in [3.63, 3.8) is 0 Å². The van der Waals surface area contributed by atoms with E-state index in [1.165, 1.54) is 16.9 Å². The Kier molecular flexibility index (Phi) is 7.42. The summed E-state index contributed by atoms with van der Waals surface area (Å²) < 4.78 is 0. The van der Waals surface area contributed by atoms with Crippen LogP contribution in [0.1, 0.15) is 65.5 Å². The van der Waals surface area contributed by atoms with Crippen LogP contribution in [0, 0.1) is 12.8 Å². The lowest BCUT2D eigenvalue weighted by atomic mass is 9.92. The molecule has 1 aliphatic heterocycles. The minimum atomic E-state index is -0.121. The van der Waals surface area contributed by atoms with E-state index in [-0.39, 0.29) is 23.8 Å². The van der Waals surface area contributed by atoms with Crippen molar-refractivity contribution in [1.82, 2.24) is 15.2 Å². The second-order valence-corrected chi connectivity index (χ2v) is 8.99. The molecule has 2 amide bonds. The Morgan fingerprint density at radius 1 is 1.24 bits per heavy atom. The highest BCUT2D eigenvalue weighted by atomic mass is 32.1. The molecular formula is C23H31N3O2S. The lowest BCUT2D eigenvalue weighted by molar-refractivity contribution is -0.126. The van der Waals surface area contributed by atoms with Gasteiger partial charge >= 0.3 is 0 Å². The van der Waals surface area contributed by atoms with Crippen molar-refractivity contribution in [2.45, 2.75) is 58.9 Å². The Morgan fingerprint density at radius 3 is 2.72 bits per heavy atom. The Morgan fingerprint density at radius 2 is 2.00 bits per heavy atom. The van der Waals surface area contributed by atoms with Crippen LogP contribution in [0.4, 0.5) is 0 Å². The number of carbonyl (C=O) groups excluding carboxylic acids is 2. The quantitative estimate of drug-likeness (QED) is 0.692. The van der Waals surface area contributed by atoms with Gasteiger partial charge < -0.3 is 10.2 Å². The summed E-state index contributed by atoms with van der Waals surface area (Å²) in [6.07, 6.45) is 4.47. The van der Waals surface area contributed by atoms with Crippen molar-refractivity contribution >= 4 is 23.2 Å². The molecule has 0 radical (unpaired) electrons. The number of aryl methyl sites for hydroxylation is 1. The number of rotatable bonds is 7. The summed E-state index contributed by atoms with van der Waals surface area (Å²) in [7, 11) is 0. The Bertz CT molecular complexity index is 834. The molecular weight excluding hydrogens is 382 g/mol. The third-order valence-corrected chi connectivity index (χ3v) is 6.72. The highest BCUT2D eigenvalue weighted by Gasteiger charge is 2.34. The maximum atomic E-state index is 13.3. The largest absolute Gasteiger partial charge is 0.356 e. The first-order valence-corrected chi connectivity index (χ1v) is 11.4.